The van der Waals surface area contributed by atoms with Gasteiger partial charge >= 0.3 is 0 Å². The van der Waals surface area contributed by atoms with E-state index in [-0.39, 0.29) is 5.91 Å². The number of carbonyl (C=O) groups excluding carboxylic acids is 1. The standard InChI is InChI=1S/C22H31N5O/c1-5-18-8-6-7-9-19(18)24-21(28)15-26-10-12-27(13-11-26)20-14-17(4)23-22(25-20)16(2)3/h6-9,14,16H,5,10-13,15H2,1-4H3,(H,24,28). The smallest absolute Gasteiger partial charge is 0.238 e. The van der Waals surface area contributed by atoms with Crippen LogP contribution in [0.2, 0.25) is 0 Å². The van der Waals surface area contributed by atoms with Gasteiger partial charge in [0.2, 0.25) is 5.91 Å². The highest BCUT2D eigenvalue weighted by Gasteiger charge is 2.21. The molecule has 1 amide bonds. The third-order valence-corrected chi connectivity index (χ3v) is 5.11. The maximum atomic E-state index is 12.5. The molecule has 1 N–H and O–H groups in total. The predicted octanol–water partition coefficient (Wildman–Crippen LogP) is 3.23. The lowest BCUT2D eigenvalue weighted by Crippen LogP contribution is -2.49. The van der Waals surface area contributed by atoms with E-state index in [0.717, 1.165) is 55.6 Å². The molecule has 6 nitrogen and oxygen atoms in total. The second kappa shape index (κ2) is 9.15. The van der Waals surface area contributed by atoms with E-state index in [4.69, 9.17) is 4.98 Å². The van der Waals surface area contributed by atoms with Crippen molar-refractivity contribution < 1.29 is 4.79 Å². The van der Waals surface area contributed by atoms with Crippen molar-refractivity contribution in [2.45, 2.75) is 40.0 Å². The molecule has 0 atom stereocenters. The van der Waals surface area contributed by atoms with Crippen molar-refractivity contribution in [3.05, 3.63) is 47.4 Å². The van der Waals surface area contributed by atoms with Crippen LogP contribution in [0.4, 0.5) is 11.5 Å². The molecule has 1 aliphatic heterocycles. The summed E-state index contributed by atoms with van der Waals surface area (Å²) in [6.45, 7) is 12.2. The van der Waals surface area contributed by atoms with E-state index in [1.807, 2.05) is 25.1 Å². The fourth-order valence-corrected chi connectivity index (χ4v) is 3.47. The van der Waals surface area contributed by atoms with E-state index < -0.39 is 0 Å². The Morgan fingerprint density at radius 2 is 1.86 bits per heavy atom. The topological polar surface area (TPSA) is 61.4 Å². The number of benzene rings is 1. The molecule has 0 bridgehead atoms. The van der Waals surface area contributed by atoms with E-state index in [0.29, 0.717) is 12.5 Å². The molecular formula is C22H31N5O. The molecule has 1 aromatic heterocycles. The van der Waals surface area contributed by atoms with Gasteiger partial charge in [0.1, 0.15) is 11.6 Å². The lowest BCUT2D eigenvalue weighted by molar-refractivity contribution is -0.117. The number of anilines is 2. The van der Waals surface area contributed by atoms with E-state index >= 15 is 0 Å². The Labute approximate surface area is 168 Å². The van der Waals surface area contributed by atoms with Crippen molar-refractivity contribution in [3.63, 3.8) is 0 Å². The van der Waals surface area contributed by atoms with E-state index in [1.165, 1.54) is 5.56 Å². The highest BCUT2D eigenvalue weighted by molar-refractivity contribution is 5.93. The number of rotatable bonds is 6. The zero-order valence-electron chi connectivity index (χ0n) is 17.4. The maximum Gasteiger partial charge on any atom is 0.238 e. The summed E-state index contributed by atoms with van der Waals surface area (Å²) in [4.78, 5) is 26.2. The molecule has 1 saturated heterocycles. The first kappa shape index (κ1) is 20.3. The zero-order valence-corrected chi connectivity index (χ0v) is 17.4. The van der Waals surface area contributed by atoms with Gasteiger partial charge in [-0.3, -0.25) is 9.69 Å². The molecule has 28 heavy (non-hydrogen) atoms. The summed E-state index contributed by atoms with van der Waals surface area (Å²) in [6.07, 6.45) is 0.909. The minimum atomic E-state index is 0.0503. The van der Waals surface area contributed by atoms with Gasteiger partial charge in [0.15, 0.2) is 0 Å². The van der Waals surface area contributed by atoms with Crippen LogP contribution in [-0.4, -0.2) is 53.5 Å². The van der Waals surface area contributed by atoms with Gasteiger partial charge in [-0.1, -0.05) is 39.0 Å². The first-order chi connectivity index (χ1) is 13.5. The Kier molecular flexibility index (Phi) is 6.62. The van der Waals surface area contributed by atoms with Gasteiger partial charge in [-0.25, -0.2) is 9.97 Å². The van der Waals surface area contributed by atoms with Crippen molar-refractivity contribution in [1.29, 1.82) is 0 Å². The summed E-state index contributed by atoms with van der Waals surface area (Å²) in [5, 5.41) is 3.06. The molecule has 0 aliphatic carbocycles. The molecule has 0 saturated carbocycles. The van der Waals surface area contributed by atoms with E-state index in [2.05, 4.69) is 53.0 Å². The molecule has 1 fully saturated rings. The predicted molar refractivity (Wildman–Crippen MR) is 114 cm³/mol. The number of carbonyl (C=O) groups is 1. The highest BCUT2D eigenvalue weighted by atomic mass is 16.2. The second-order valence-electron chi connectivity index (χ2n) is 7.70. The second-order valence-corrected chi connectivity index (χ2v) is 7.70. The normalized spacial score (nSPS) is 15.1. The largest absolute Gasteiger partial charge is 0.354 e. The Morgan fingerprint density at radius 3 is 2.54 bits per heavy atom. The SMILES string of the molecule is CCc1ccccc1NC(=O)CN1CCN(c2cc(C)nc(C(C)C)n2)CC1. The van der Waals surface area contributed by atoms with Crippen LogP contribution in [0.25, 0.3) is 0 Å². The number of piperazine rings is 1. The van der Waals surface area contributed by atoms with Crippen molar-refractivity contribution >= 4 is 17.4 Å². The summed E-state index contributed by atoms with van der Waals surface area (Å²) >= 11 is 0. The number of hydrogen-bond donors (Lipinski definition) is 1. The minimum absolute atomic E-state index is 0.0503. The van der Waals surface area contributed by atoms with Gasteiger partial charge in [0, 0.05) is 49.5 Å². The average Bonchev–Trinajstić information content (AvgIpc) is 2.68. The number of nitrogens with one attached hydrogen (secondary N) is 1. The molecule has 1 aliphatic rings. The molecular weight excluding hydrogens is 350 g/mol. The van der Waals surface area contributed by atoms with E-state index in [1.54, 1.807) is 0 Å². The minimum Gasteiger partial charge on any atom is -0.354 e. The molecule has 2 aromatic rings. The van der Waals surface area contributed by atoms with E-state index in [9.17, 15) is 4.79 Å². The van der Waals surface area contributed by atoms with Gasteiger partial charge < -0.3 is 10.2 Å². The van der Waals surface area contributed by atoms with Crippen molar-refractivity contribution in [3.8, 4) is 0 Å². The molecule has 150 valence electrons. The van der Waals surface area contributed by atoms with Crippen LogP contribution in [0, 0.1) is 6.92 Å². The first-order valence-electron chi connectivity index (χ1n) is 10.2. The molecule has 1 aromatic carbocycles. The summed E-state index contributed by atoms with van der Waals surface area (Å²) in [6, 6.07) is 10.0. The van der Waals surface area contributed by atoms with Gasteiger partial charge in [0.25, 0.3) is 0 Å². The number of amides is 1. The number of aromatic nitrogens is 2. The third-order valence-electron chi connectivity index (χ3n) is 5.11. The van der Waals surface area contributed by atoms with Gasteiger partial charge in [-0.05, 0) is 25.0 Å². The third kappa shape index (κ3) is 5.07. The van der Waals surface area contributed by atoms with Crippen LogP contribution in [-0.2, 0) is 11.2 Å². The van der Waals surface area contributed by atoms with Crippen molar-refractivity contribution in [2.75, 3.05) is 42.9 Å². The summed E-state index contributed by atoms with van der Waals surface area (Å²) < 4.78 is 0. The van der Waals surface area contributed by atoms with Crippen LogP contribution >= 0.6 is 0 Å². The number of para-hydroxylation sites is 1. The molecule has 0 spiro atoms. The molecule has 2 heterocycles. The summed E-state index contributed by atoms with van der Waals surface area (Å²) in [5.41, 5.74) is 3.09. The monoisotopic (exact) mass is 381 g/mol. The highest BCUT2D eigenvalue weighted by Crippen LogP contribution is 2.19. The molecule has 0 radical (unpaired) electrons. The van der Waals surface area contributed by atoms with Crippen LogP contribution < -0.4 is 10.2 Å². The Morgan fingerprint density at radius 1 is 1.14 bits per heavy atom. The number of nitrogens with zero attached hydrogens (tertiary/aromatic N) is 4. The van der Waals surface area contributed by atoms with Crippen LogP contribution in [0.1, 0.15) is 43.8 Å². The lowest BCUT2D eigenvalue weighted by atomic mass is 10.1. The number of hydrogen-bond acceptors (Lipinski definition) is 5. The molecule has 3 rings (SSSR count). The van der Waals surface area contributed by atoms with Crippen LogP contribution in [0.3, 0.4) is 0 Å². The Hall–Kier alpha value is -2.47. The van der Waals surface area contributed by atoms with Crippen molar-refractivity contribution in [2.24, 2.45) is 0 Å². The maximum absolute atomic E-state index is 12.5. The van der Waals surface area contributed by atoms with Crippen molar-refractivity contribution in [1.82, 2.24) is 14.9 Å². The fraction of sp³-hybridized carbons (Fsp3) is 0.500. The molecule has 0 unspecified atom stereocenters. The zero-order chi connectivity index (χ0) is 20.1. The Bertz CT molecular complexity index is 812. The van der Waals surface area contributed by atoms with Gasteiger partial charge in [-0.2, -0.15) is 0 Å². The summed E-state index contributed by atoms with van der Waals surface area (Å²) in [7, 11) is 0. The average molecular weight is 382 g/mol. The molecule has 6 heteroatoms. The quantitative estimate of drug-likeness (QED) is 0.832. The van der Waals surface area contributed by atoms with Gasteiger partial charge in [0.05, 0.1) is 6.54 Å². The Balaban J connectivity index is 1.55. The van der Waals surface area contributed by atoms with Crippen LogP contribution in [0.15, 0.2) is 30.3 Å². The number of aryl methyl sites for hydroxylation is 2. The summed E-state index contributed by atoms with van der Waals surface area (Å²) in [5.74, 6) is 2.26. The first-order valence-corrected chi connectivity index (χ1v) is 10.2. The fourth-order valence-electron chi connectivity index (χ4n) is 3.47. The van der Waals surface area contributed by atoms with Gasteiger partial charge in [-0.15, -0.1) is 0 Å². The lowest BCUT2D eigenvalue weighted by Gasteiger charge is -2.35. The van der Waals surface area contributed by atoms with Crippen LogP contribution in [0.5, 0.6) is 0 Å².